The quantitative estimate of drug-likeness (QED) is 0.696. The van der Waals surface area contributed by atoms with Crippen LogP contribution in [0.4, 0.5) is 0 Å². The summed E-state index contributed by atoms with van der Waals surface area (Å²) >= 11 is 3.29. The molecule has 17 heavy (non-hydrogen) atoms. The second kappa shape index (κ2) is 3.89. The van der Waals surface area contributed by atoms with Crippen molar-refractivity contribution in [2.45, 2.75) is 0 Å². The predicted octanol–water partition coefficient (Wildman–Crippen LogP) is 3.49. The zero-order valence-electron chi connectivity index (χ0n) is 8.84. The molecule has 4 heteroatoms. The molecule has 0 fully saturated rings. The molecule has 0 aliphatic heterocycles. The number of hydrogen-bond donors (Lipinski definition) is 1. The van der Waals surface area contributed by atoms with Gasteiger partial charge in [0.15, 0.2) is 0 Å². The number of aromatic hydroxyl groups is 1. The molecule has 84 valence electrons. The third-order valence-electron chi connectivity index (χ3n) is 2.69. The van der Waals surface area contributed by atoms with Crippen LogP contribution >= 0.6 is 15.9 Å². The SMILES string of the molecule is Oc1c2ccccc2cn1-c1ccc(Br)nc1. The molecule has 0 aliphatic rings. The van der Waals surface area contributed by atoms with E-state index in [1.165, 1.54) is 0 Å². The van der Waals surface area contributed by atoms with Gasteiger partial charge in [-0.2, -0.15) is 0 Å². The van der Waals surface area contributed by atoms with Gasteiger partial charge in [0.25, 0.3) is 0 Å². The lowest BCUT2D eigenvalue weighted by molar-refractivity contribution is 0.448. The summed E-state index contributed by atoms with van der Waals surface area (Å²) in [6, 6.07) is 11.5. The molecular weight excluding hydrogens is 280 g/mol. The van der Waals surface area contributed by atoms with Gasteiger partial charge >= 0.3 is 0 Å². The molecule has 0 bridgehead atoms. The van der Waals surface area contributed by atoms with Gasteiger partial charge in [0.1, 0.15) is 4.60 Å². The highest BCUT2D eigenvalue weighted by Gasteiger charge is 2.08. The third-order valence-corrected chi connectivity index (χ3v) is 3.16. The largest absolute Gasteiger partial charge is 0.494 e. The minimum atomic E-state index is 0.240. The van der Waals surface area contributed by atoms with Crippen molar-refractivity contribution in [1.29, 1.82) is 0 Å². The van der Waals surface area contributed by atoms with E-state index in [4.69, 9.17) is 0 Å². The van der Waals surface area contributed by atoms with Crippen LogP contribution in [0.2, 0.25) is 0 Å². The monoisotopic (exact) mass is 288 g/mol. The van der Waals surface area contributed by atoms with Crippen LogP contribution in [0, 0.1) is 0 Å². The standard InChI is InChI=1S/C13H9BrN2O/c14-12-6-5-10(7-15-12)16-8-9-3-1-2-4-11(9)13(16)17/h1-8,17H. The van der Waals surface area contributed by atoms with Crippen LogP contribution in [0.15, 0.2) is 53.4 Å². The number of pyridine rings is 1. The first-order chi connectivity index (χ1) is 8.25. The summed E-state index contributed by atoms with van der Waals surface area (Å²) in [6.07, 6.45) is 3.61. The highest BCUT2D eigenvalue weighted by atomic mass is 79.9. The van der Waals surface area contributed by atoms with Crippen molar-refractivity contribution in [3.05, 3.63) is 53.4 Å². The first-order valence-corrected chi connectivity index (χ1v) is 5.96. The van der Waals surface area contributed by atoms with Gasteiger partial charge in [-0.3, -0.25) is 4.57 Å². The average Bonchev–Trinajstić information content (AvgIpc) is 2.69. The van der Waals surface area contributed by atoms with E-state index < -0.39 is 0 Å². The van der Waals surface area contributed by atoms with Gasteiger partial charge < -0.3 is 5.11 Å². The summed E-state index contributed by atoms with van der Waals surface area (Å²) in [5, 5.41) is 12.0. The zero-order chi connectivity index (χ0) is 11.8. The number of aromatic nitrogens is 2. The fourth-order valence-corrected chi connectivity index (χ4v) is 2.09. The van der Waals surface area contributed by atoms with Gasteiger partial charge in [-0.1, -0.05) is 18.2 Å². The van der Waals surface area contributed by atoms with Crippen LogP contribution in [-0.4, -0.2) is 14.7 Å². The Morgan fingerprint density at radius 1 is 1.12 bits per heavy atom. The molecule has 1 aromatic carbocycles. The Balaban J connectivity index is 2.24. The van der Waals surface area contributed by atoms with E-state index in [2.05, 4.69) is 20.9 Å². The molecular formula is C13H9BrN2O. The van der Waals surface area contributed by atoms with Gasteiger partial charge in [-0.05, 0) is 34.1 Å². The van der Waals surface area contributed by atoms with Crippen molar-refractivity contribution in [3.8, 4) is 11.6 Å². The normalized spacial score (nSPS) is 10.9. The minimum Gasteiger partial charge on any atom is -0.494 e. The fraction of sp³-hybridized carbons (Fsp3) is 0. The summed E-state index contributed by atoms with van der Waals surface area (Å²) in [7, 11) is 0. The van der Waals surface area contributed by atoms with Crippen molar-refractivity contribution < 1.29 is 5.11 Å². The number of benzene rings is 1. The van der Waals surface area contributed by atoms with Crippen LogP contribution in [0.3, 0.4) is 0 Å². The maximum atomic E-state index is 10.1. The molecule has 2 heterocycles. The van der Waals surface area contributed by atoms with Gasteiger partial charge in [0.2, 0.25) is 5.88 Å². The zero-order valence-corrected chi connectivity index (χ0v) is 10.4. The summed E-state index contributed by atoms with van der Waals surface area (Å²) in [5.41, 5.74) is 0.835. The van der Waals surface area contributed by atoms with Crippen molar-refractivity contribution in [2.75, 3.05) is 0 Å². The molecule has 3 aromatic rings. The molecule has 3 rings (SSSR count). The number of hydrogen-bond acceptors (Lipinski definition) is 2. The molecule has 3 nitrogen and oxygen atoms in total. The molecule has 0 amide bonds. The van der Waals surface area contributed by atoms with Crippen molar-refractivity contribution >= 4 is 26.7 Å². The molecule has 0 radical (unpaired) electrons. The van der Waals surface area contributed by atoms with E-state index in [0.29, 0.717) is 0 Å². The first-order valence-electron chi connectivity index (χ1n) is 5.17. The Morgan fingerprint density at radius 3 is 2.65 bits per heavy atom. The van der Waals surface area contributed by atoms with E-state index in [1.54, 1.807) is 10.8 Å². The maximum absolute atomic E-state index is 10.1. The highest BCUT2D eigenvalue weighted by Crippen LogP contribution is 2.29. The van der Waals surface area contributed by atoms with Crippen molar-refractivity contribution in [1.82, 2.24) is 9.55 Å². The lowest BCUT2D eigenvalue weighted by Gasteiger charge is -2.03. The number of halogens is 1. The van der Waals surface area contributed by atoms with E-state index >= 15 is 0 Å². The van der Waals surface area contributed by atoms with Crippen molar-refractivity contribution in [3.63, 3.8) is 0 Å². The fourth-order valence-electron chi connectivity index (χ4n) is 1.85. The Bertz CT molecular complexity index is 673. The summed E-state index contributed by atoms with van der Waals surface area (Å²) in [6.45, 7) is 0. The second-order valence-electron chi connectivity index (χ2n) is 3.75. The molecule has 0 atom stereocenters. The Hall–Kier alpha value is -1.81. The second-order valence-corrected chi connectivity index (χ2v) is 4.56. The number of fused-ring (bicyclic) bond motifs is 1. The molecule has 1 N–H and O–H groups in total. The number of nitrogens with zero attached hydrogens (tertiary/aromatic N) is 2. The predicted molar refractivity (Wildman–Crippen MR) is 70.4 cm³/mol. The molecule has 0 saturated heterocycles. The van der Waals surface area contributed by atoms with Crippen LogP contribution in [0.1, 0.15) is 0 Å². The van der Waals surface area contributed by atoms with Gasteiger partial charge in [-0.25, -0.2) is 4.98 Å². The topological polar surface area (TPSA) is 38.0 Å². The van der Waals surface area contributed by atoms with Gasteiger partial charge in [-0.15, -0.1) is 0 Å². The van der Waals surface area contributed by atoms with E-state index in [-0.39, 0.29) is 5.88 Å². The van der Waals surface area contributed by atoms with Crippen LogP contribution in [-0.2, 0) is 0 Å². The lowest BCUT2D eigenvalue weighted by Crippen LogP contribution is -1.91. The number of rotatable bonds is 1. The van der Waals surface area contributed by atoms with Gasteiger partial charge in [0.05, 0.1) is 11.9 Å². The van der Waals surface area contributed by atoms with Crippen LogP contribution < -0.4 is 0 Å². The van der Waals surface area contributed by atoms with Crippen LogP contribution in [0.25, 0.3) is 16.5 Å². The van der Waals surface area contributed by atoms with E-state index in [1.807, 2.05) is 42.6 Å². The Morgan fingerprint density at radius 2 is 1.94 bits per heavy atom. The lowest BCUT2D eigenvalue weighted by atomic mass is 10.2. The molecule has 2 aromatic heterocycles. The molecule has 0 aliphatic carbocycles. The average molecular weight is 289 g/mol. The first kappa shape index (κ1) is 10.4. The highest BCUT2D eigenvalue weighted by molar-refractivity contribution is 9.10. The summed E-state index contributed by atoms with van der Waals surface area (Å²) in [4.78, 5) is 4.15. The van der Waals surface area contributed by atoms with Gasteiger partial charge in [0, 0.05) is 17.0 Å². The molecule has 0 unspecified atom stereocenters. The summed E-state index contributed by atoms with van der Waals surface area (Å²) < 4.78 is 2.50. The van der Waals surface area contributed by atoms with E-state index in [0.717, 1.165) is 21.1 Å². The minimum absolute atomic E-state index is 0.240. The van der Waals surface area contributed by atoms with Crippen LogP contribution in [0.5, 0.6) is 5.88 Å². The Kier molecular flexibility index (Phi) is 2.37. The van der Waals surface area contributed by atoms with Crippen molar-refractivity contribution in [2.24, 2.45) is 0 Å². The third kappa shape index (κ3) is 1.70. The molecule has 0 spiro atoms. The smallest absolute Gasteiger partial charge is 0.203 e. The van der Waals surface area contributed by atoms with E-state index in [9.17, 15) is 5.11 Å². The maximum Gasteiger partial charge on any atom is 0.203 e. The summed E-state index contributed by atoms with van der Waals surface area (Å²) in [5.74, 6) is 0.240. The molecule has 0 saturated carbocycles. The Labute approximate surface area is 106 Å².